The molecule has 0 aromatic heterocycles. The Hall–Kier alpha value is -0.0969. The van der Waals surface area contributed by atoms with Crippen molar-refractivity contribution in [1.82, 2.24) is 0 Å². The predicted octanol–water partition coefficient (Wildman–Crippen LogP) is -1.15. The van der Waals surface area contributed by atoms with Crippen LogP contribution in [0.2, 0.25) is 3.63 Å². The average Bonchev–Trinajstić information content (AvgIpc) is 2.96. The second-order valence-electron chi connectivity index (χ2n) is 5.13. The van der Waals surface area contributed by atoms with Gasteiger partial charge in [0.25, 0.3) is 0 Å². The van der Waals surface area contributed by atoms with Crippen molar-refractivity contribution in [3.63, 3.8) is 0 Å². The second kappa shape index (κ2) is 7.78. The van der Waals surface area contributed by atoms with Crippen molar-refractivity contribution >= 4 is 6.08 Å². The number of rotatable bonds is 3. The molecule has 0 heterocycles. The van der Waals surface area contributed by atoms with E-state index in [1.165, 1.54) is 17.5 Å². The number of halogens is 2. The summed E-state index contributed by atoms with van der Waals surface area (Å²) in [5.41, 5.74) is 4.45. The van der Waals surface area contributed by atoms with E-state index in [2.05, 4.69) is 62.4 Å². The molecule has 0 amide bonds. The third kappa shape index (κ3) is 3.56. The van der Waals surface area contributed by atoms with E-state index in [0.29, 0.717) is 0 Å². The van der Waals surface area contributed by atoms with Gasteiger partial charge in [-0.2, -0.15) is 0 Å². The first kappa shape index (κ1) is 18.0. The molecule has 0 radical (unpaired) electrons. The van der Waals surface area contributed by atoms with Crippen LogP contribution in [0.4, 0.5) is 0 Å². The van der Waals surface area contributed by atoms with Gasteiger partial charge < -0.3 is 24.8 Å². The summed E-state index contributed by atoms with van der Waals surface area (Å²) >= 11 is -0.488. The molecule has 1 atom stereocenters. The van der Waals surface area contributed by atoms with E-state index >= 15 is 0 Å². The van der Waals surface area contributed by atoms with Crippen molar-refractivity contribution in [3.8, 4) is 0 Å². The second-order valence-corrected chi connectivity index (χ2v) is 8.90. The Morgan fingerprint density at radius 2 is 1.80 bits per heavy atom. The minimum Gasteiger partial charge on any atom is -1.00 e. The summed E-state index contributed by atoms with van der Waals surface area (Å²) in [6.45, 7) is 4.52. The Morgan fingerprint density at radius 1 is 1.10 bits per heavy atom. The van der Waals surface area contributed by atoms with Gasteiger partial charge in [0.15, 0.2) is 0 Å². The van der Waals surface area contributed by atoms with Crippen LogP contribution >= 0.6 is 0 Å². The number of hydrogen-bond acceptors (Lipinski definition) is 0. The van der Waals surface area contributed by atoms with E-state index in [1.807, 2.05) is 0 Å². The van der Waals surface area contributed by atoms with E-state index in [1.54, 1.807) is 8.84 Å². The first-order valence-electron chi connectivity index (χ1n) is 6.71. The van der Waals surface area contributed by atoms with Crippen molar-refractivity contribution in [1.29, 1.82) is 0 Å². The molecule has 2 aliphatic rings. The molecule has 0 aliphatic heterocycles. The van der Waals surface area contributed by atoms with Crippen LogP contribution in [0.1, 0.15) is 36.0 Å². The summed E-state index contributed by atoms with van der Waals surface area (Å²) < 4.78 is 2.56. The number of benzene rings is 1. The monoisotopic (exact) mass is 382 g/mol. The Balaban J connectivity index is 0.000001000. The first-order valence-corrected chi connectivity index (χ1v) is 9.36. The zero-order valence-electron chi connectivity index (χ0n) is 11.7. The van der Waals surface area contributed by atoms with Crippen molar-refractivity contribution in [3.05, 3.63) is 62.5 Å². The fourth-order valence-corrected chi connectivity index (χ4v) is 6.81. The van der Waals surface area contributed by atoms with Crippen LogP contribution in [0, 0.1) is 6.92 Å². The van der Waals surface area contributed by atoms with E-state index in [0.717, 1.165) is 9.54 Å². The average molecular weight is 384 g/mol. The first-order chi connectivity index (χ1) is 8.78. The fourth-order valence-electron chi connectivity index (χ4n) is 2.87. The van der Waals surface area contributed by atoms with Gasteiger partial charge in [0, 0.05) is 0 Å². The van der Waals surface area contributed by atoms with Crippen LogP contribution in [-0.4, -0.2) is 0 Å². The standard InChI is InChI=1S/C12H13.C5H5.2ClH.Zr/c1-3-10-5-6-11-8-9(2)4-7-12(10)11;1-2-4-5-3-1;;;/h4,6-8,10H,3H2,1-2H3;1-5H;2*1H;/q;;;;+2/p-2. The molecular formula is C17H18Cl2Zr. The molecular weight excluding hydrogens is 366 g/mol. The molecule has 1 aromatic carbocycles. The van der Waals surface area contributed by atoms with Gasteiger partial charge in [-0.05, 0) is 0 Å². The Morgan fingerprint density at radius 3 is 2.45 bits per heavy atom. The maximum Gasteiger partial charge on any atom is -1.00 e. The molecule has 0 nitrogen and oxygen atoms in total. The van der Waals surface area contributed by atoms with E-state index in [9.17, 15) is 0 Å². The van der Waals surface area contributed by atoms with Crippen LogP contribution in [0.5, 0.6) is 0 Å². The molecule has 0 N–H and O–H groups in total. The number of hydrogen-bond donors (Lipinski definition) is 0. The summed E-state index contributed by atoms with van der Waals surface area (Å²) in [7, 11) is 0. The molecule has 0 saturated heterocycles. The van der Waals surface area contributed by atoms with Gasteiger partial charge in [-0.15, -0.1) is 0 Å². The van der Waals surface area contributed by atoms with Crippen molar-refractivity contribution in [2.24, 2.45) is 0 Å². The molecule has 3 heteroatoms. The molecule has 2 aliphatic carbocycles. The minimum absolute atomic E-state index is 0. The Kier molecular flexibility index (Phi) is 6.99. The molecule has 0 fully saturated rings. The third-order valence-electron chi connectivity index (χ3n) is 3.79. The summed E-state index contributed by atoms with van der Waals surface area (Å²) in [6, 6.07) is 6.96. The Bertz CT molecular complexity index is 546. The molecule has 3 rings (SSSR count). The van der Waals surface area contributed by atoms with E-state index in [4.69, 9.17) is 0 Å². The van der Waals surface area contributed by atoms with Gasteiger partial charge >= 0.3 is 122 Å². The molecule has 0 bridgehead atoms. The molecule has 104 valence electrons. The Labute approximate surface area is 145 Å². The van der Waals surface area contributed by atoms with Crippen LogP contribution in [0.25, 0.3) is 6.08 Å². The van der Waals surface area contributed by atoms with Crippen molar-refractivity contribution in [2.75, 3.05) is 0 Å². The number of allylic oxidation sites excluding steroid dienone is 5. The summed E-state index contributed by atoms with van der Waals surface area (Å²) in [5.74, 6) is 0.717. The van der Waals surface area contributed by atoms with Gasteiger partial charge in [-0.1, -0.05) is 0 Å². The van der Waals surface area contributed by atoms with Crippen LogP contribution in [0.15, 0.2) is 45.8 Å². The van der Waals surface area contributed by atoms with Crippen LogP contribution in [-0.2, 0) is 23.2 Å². The van der Waals surface area contributed by atoms with Crippen molar-refractivity contribution in [2.45, 2.75) is 29.8 Å². The van der Waals surface area contributed by atoms with E-state index in [-0.39, 0.29) is 24.8 Å². The maximum atomic E-state index is 2.50. The molecule has 0 saturated carbocycles. The van der Waals surface area contributed by atoms with Gasteiger partial charge in [0.1, 0.15) is 0 Å². The quantitative estimate of drug-likeness (QED) is 0.618. The zero-order chi connectivity index (χ0) is 12.5. The molecule has 1 aromatic rings. The summed E-state index contributed by atoms with van der Waals surface area (Å²) in [6.07, 6.45) is 12.9. The largest absolute Gasteiger partial charge is 1.00 e. The van der Waals surface area contributed by atoms with Gasteiger partial charge in [0.2, 0.25) is 0 Å². The third-order valence-corrected chi connectivity index (χ3v) is 7.59. The summed E-state index contributed by atoms with van der Waals surface area (Å²) in [5, 5.41) is 0. The number of aryl methyl sites for hydroxylation is 1. The van der Waals surface area contributed by atoms with Crippen LogP contribution < -0.4 is 24.8 Å². The number of fused-ring (bicyclic) bond motifs is 1. The molecule has 20 heavy (non-hydrogen) atoms. The predicted molar refractivity (Wildman–Crippen MR) is 74.2 cm³/mol. The molecule has 0 spiro atoms. The fraction of sp³-hybridized carbons (Fsp3) is 0.294. The summed E-state index contributed by atoms with van der Waals surface area (Å²) in [4.78, 5) is 0. The van der Waals surface area contributed by atoms with Gasteiger partial charge in [0.05, 0.1) is 0 Å². The SMILES string of the molecule is CCC1[C]([Zr+2][CH]2C=CC=C2)=Cc2cc(C)ccc21.[Cl-].[Cl-]. The minimum atomic E-state index is -0.488. The maximum absolute atomic E-state index is 2.50. The van der Waals surface area contributed by atoms with Crippen LogP contribution in [0.3, 0.4) is 0 Å². The topological polar surface area (TPSA) is 0 Å². The molecule has 1 unspecified atom stereocenters. The zero-order valence-corrected chi connectivity index (χ0v) is 15.7. The van der Waals surface area contributed by atoms with E-state index < -0.39 is 23.2 Å². The van der Waals surface area contributed by atoms with Gasteiger partial charge in [-0.25, -0.2) is 0 Å². The van der Waals surface area contributed by atoms with Gasteiger partial charge in [-0.3, -0.25) is 0 Å². The normalized spacial score (nSPS) is 18.9. The van der Waals surface area contributed by atoms with Crippen molar-refractivity contribution < 1.29 is 48.0 Å². The smallest absolute Gasteiger partial charge is 1.00 e.